The first-order valence-corrected chi connectivity index (χ1v) is 8.39. The molecule has 3 rings (SSSR count). The number of hydrogen-bond donors (Lipinski definition) is 2. The van der Waals surface area contributed by atoms with E-state index in [1.807, 2.05) is 36.4 Å². The van der Waals surface area contributed by atoms with Crippen LogP contribution in [-0.2, 0) is 10.3 Å². The van der Waals surface area contributed by atoms with E-state index in [-0.39, 0.29) is 12.5 Å². The fourth-order valence-electron chi connectivity index (χ4n) is 3.24. The molecule has 5 heteroatoms. The van der Waals surface area contributed by atoms with E-state index in [2.05, 4.69) is 5.32 Å². The number of aliphatic hydroxyl groups excluding tert-OH is 1. The lowest BCUT2D eigenvalue weighted by molar-refractivity contribution is -0.0990. The molecule has 3 nitrogen and oxygen atoms in total. The first kappa shape index (κ1) is 16.7. The molecule has 122 valence electrons. The van der Waals surface area contributed by atoms with E-state index in [0.29, 0.717) is 23.2 Å². The van der Waals surface area contributed by atoms with Gasteiger partial charge in [0.15, 0.2) is 0 Å². The fraction of sp³-hybridized carbons (Fsp3) is 0.333. The van der Waals surface area contributed by atoms with Crippen LogP contribution in [-0.4, -0.2) is 31.4 Å². The molecule has 2 unspecified atom stereocenters. The zero-order chi connectivity index (χ0) is 16.3. The number of rotatable bonds is 4. The summed E-state index contributed by atoms with van der Waals surface area (Å²) < 4.78 is 6.23. The van der Waals surface area contributed by atoms with E-state index >= 15 is 0 Å². The monoisotopic (exact) mass is 351 g/mol. The Bertz CT molecular complexity index is 657. The molecule has 1 saturated heterocycles. The number of morpholine rings is 1. The lowest BCUT2D eigenvalue weighted by Crippen LogP contribution is -2.52. The predicted octanol–water partition coefficient (Wildman–Crippen LogP) is 3.58. The SMILES string of the molecule is OCC(c1ccccc1)C1(c2cc(Cl)ccc2Cl)CNCCO1. The Labute approximate surface area is 146 Å². The molecular formula is C18H19Cl2NO2. The fourth-order valence-corrected chi connectivity index (χ4v) is 3.69. The van der Waals surface area contributed by atoms with Crippen LogP contribution in [0.2, 0.25) is 10.0 Å². The van der Waals surface area contributed by atoms with Gasteiger partial charge in [-0.3, -0.25) is 0 Å². The first-order valence-electron chi connectivity index (χ1n) is 7.63. The van der Waals surface area contributed by atoms with Crippen LogP contribution < -0.4 is 5.32 Å². The van der Waals surface area contributed by atoms with Crippen molar-refractivity contribution in [3.63, 3.8) is 0 Å². The quantitative estimate of drug-likeness (QED) is 0.884. The Morgan fingerprint density at radius 3 is 2.61 bits per heavy atom. The minimum Gasteiger partial charge on any atom is -0.396 e. The molecule has 1 aliphatic heterocycles. The second-order valence-corrected chi connectivity index (χ2v) is 6.53. The van der Waals surface area contributed by atoms with Crippen molar-refractivity contribution in [1.82, 2.24) is 5.32 Å². The smallest absolute Gasteiger partial charge is 0.116 e. The maximum Gasteiger partial charge on any atom is 0.116 e. The van der Waals surface area contributed by atoms with Gasteiger partial charge < -0.3 is 15.2 Å². The molecule has 1 fully saturated rings. The maximum absolute atomic E-state index is 10.1. The summed E-state index contributed by atoms with van der Waals surface area (Å²) in [6, 6.07) is 15.2. The molecule has 1 aliphatic rings. The normalized spacial score (nSPS) is 22.7. The molecule has 0 spiro atoms. The summed E-state index contributed by atoms with van der Waals surface area (Å²) in [5.74, 6) is -0.243. The van der Waals surface area contributed by atoms with Crippen molar-refractivity contribution in [2.75, 3.05) is 26.3 Å². The Balaban J connectivity index is 2.14. The lowest BCUT2D eigenvalue weighted by atomic mass is 9.76. The average Bonchev–Trinajstić information content (AvgIpc) is 2.59. The summed E-state index contributed by atoms with van der Waals surface area (Å²) >= 11 is 12.7. The Morgan fingerprint density at radius 1 is 1.17 bits per heavy atom. The summed E-state index contributed by atoms with van der Waals surface area (Å²) in [6.45, 7) is 1.83. The summed E-state index contributed by atoms with van der Waals surface area (Å²) in [4.78, 5) is 0. The summed E-state index contributed by atoms with van der Waals surface area (Å²) in [5.41, 5.74) is 1.06. The maximum atomic E-state index is 10.1. The highest BCUT2D eigenvalue weighted by molar-refractivity contribution is 6.33. The van der Waals surface area contributed by atoms with Gasteiger partial charge in [-0.2, -0.15) is 0 Å². The van der Waals surface area contributed by atoms with Crippen molar-refractivity contribution in [2.24, 2.45) is 0 Å². The van der Waals surface area contributed by atoms with Crippen molar-refractivity contribution < 1.29 is 9.84 Å². The van der Waals surface area contributed by atoms with E-state index in [9.17, 15) is 5.11 Å². The Kier molecular flexibility index (Phi) is 5.24. The first-order chi connectivity index (χ1) is 11.2. The summed E-state index contributed by atoms with van der Waals surface area (Å²) in [5, 5.41) is 14.7. The lowest BCUT2D eigenvalue weighted by Gasteiger charge is -2.44. The van der Waals surface area contributed by atoms with Gasteiger partial charge in [0.1, 0.15) is 5.60 Å². The van der Waals surface area contributed by atoms with Crippen LogP contribution in [0.4, 0.5) is 0 Å². The number of aliphatic hydroxyl groups is 1. The summed E-state index contributed by atoms with van der Waals surface area (Å²) in [6.07, 6.45) is 0. The number of benzene rings is 2. The molecule has 23 heavy (non-hydrogen) atoms. The molecule has 0 aromatic heterocycles. The van der Waals surface area contributed by atoms with Crippen molar-refractivity contribution in [3.8, 4) is 0 Å². The van der Waals surface area contributed by atoms with E-state index in [1.165, 1.54) is 0 Å². The van der Waals surface area contributed by atoms with Crippen molar-refractivity contribution in [3.05, 3.63) is 69.7 Å². The molecule has 0 bridgehead atoms. The summed E-state index contributed by atoms with van der Waals surface area (Å²) in [7, 11) is 0. The predicted molar refractivity (Wildman–Crippen MR) is 93.2 cm³/mol. The topological polar surface area (TPSA) is 41.5 Å². The number of ether oxygens (including phenoxy) is 1. The number of hydrogen-bond acceptors (Lipinski definition) is 3. The van der Waals surface area contributed by atoms with Gasteiger partial charge in [0.2, 0.25) is 0 Å². The van der Waals surface area contributed by atoms with E-state index in [4.69, 9.17) is 27.9 Å². The molecule has 2 atom stereocenters. The minimum absolute atomic E-state index is 0.0471. The van der Waals surface area contributed by atoms with Gasteiger partial charge in [-0.05, 0) is 23.8 Å². The Morgan fingerprint density at radius 2 is 1.96 bits per heavy atom. The van der Waals surface area contributed by atoms with Gasteiger partial charge in [-0.1, -0.05) is 53.5 Å². The molecule has 2 N–H and O–H groups in total. The van der Waals surface area contributed by atoms with Gasteiger partial charge in [-0.25, -0.2) is 0 Å². The third-order valence-corrected chi connectivity index (χ3v) is 4.92. The van der Waals surface area contributed by atoms with E-state index in [0.717, 1.165) is 17.7 Å². The van der Waals surface area contributed by atoms with Crippen LogP contribution in [0.15, 0.2) is 48.5 Å². The number of halogens is 2. The van der Waals surface area contributed by atoms with Gasteiger partial charge in [0.25, 0.3) is 0 Å². The molecule has 0 aliphatic carbocycles. The molecular weight excluding hydrogens is 333 g/mol. The number of nitrogens with one attached hydrogen (secondary N) is 1. The molecule has 0 amide bonds. The largest absolute Gasteiger partial charge is 0.396 e. The van der Waals surface area contributed by atoms with Crippen LogP contribution >= 0.6 is 23.2 Å². The zero-order valence-electron chi connectivity index (χ0n) is 12.6. The molecule has 0 radical (unpaired) electrons. The van der Waals surface area contributed by atoms with E-state index < -0.39 is 5.60 Å². The zero-order valence-corrected chi connectivity index (χ0v) is 14.1. The van der Waals surface area contributed by atoms with E-state index in [1.54, 1.807) is 12.1 Å². The highest BCUT2D eigenvalue weighted by atomic mass is 35.5. The average molecular weight is 352 g/mol. The second-order valence-electron chi connectivity index (χ2n) is 5.68. The molecule has 2 aromatic rings. The standard InChI is InChI=1S/C18H19Cl2NO2/c19-14-6-7-17(20)15(10-14)18(12-21-8-9-23-18)16(11-22)13-4-2-1-3-5-13/h1-7,10,16,21-22H,8-9,11-12H2. The highest BCUT2D eigenvalue weighted by Crippen LogP contribution is 2.44. The Hall–Kier alpha value is -1.10. The van der Waals surface area contributed by atoms with Crippen LogP contribution in [0.5, 0.6) is 0 Å². The minimum atomic E-state index is -0.754. The van der Waals surface area contributed by atoms with Crippen LogP contribution in [0.25, 0.3) is 0 Å². The highest BCUT2D eigenvalue weighted by Gasteiger charge is 2.45. The van der Waals surface area contributed by atoms with Gasteiger partial charge in [0, 0.05) is 34.6 Å². The third kappa shape index (κ3) is 3.25. The molecule has 0 saturated carbocycles. The second kappa shape index (κ2) is 7.20. The molecule has 2 aromatic carbocycles. The molecule has 1 heterocycles. The van der Waals surface area contributed by atoms with Crippen LogP contribution in [0.3, 0.4) is 0 Å². The van der Waals surface area contributed by atoms with Gasteiger partial charge >= 0.3 is 0 Å². The van der Waals surface area contributed by atoms with Crippen molar-refractivity contribution in [2.45, 2.75) is 11.5 Å². The third-order valence-electron chi connectivity index (χ3n) is 4.36. The van der Waals surface area contributed by atoms with Gasteiger partial charge in [-0.15, -0.1) is 0 Å². The van der Waals surface area contributed by atoms with Crippen LogP contribution in [0, 0.1) is 0 Å². The van der Waals surface area contributed by atoms with Crippen molar-refractivity contribution in [1.29, 1.82) is 0 Å². The van der Waals surface area contributed by atoms with Gasteiger partial charge in [0.05, 0.1) is 13.2 Å². The van der Waals surface area contributed by atoms with Crippen LogP contribution in [0.1, 0.15) is 17.0 Å². The van der Waals surface area contributed by atoms with Crippen molar-refractivity contribution >= 4 is 23.2 Å².